The van der Waals surface area contributed by atoms with E-state index >= 15 is 0 Å². The molecule has 1 saturated heterocycles. The molecule has 1 fully saturated rings. The van der Waals surface area contributed by atoms with Crippen LogP contribution in [0.5, 0.6) is 0 Å². The van der Waals surface area contributed by atoms with Crippen molar-refractivity contribution < 1.29 is 4.39 Å². The number of halogens is 2. The summed E-state index contributed by atoms with van der Waals surface area (Å²) in [7, 11) is 1.85. The van der Waals surface area contributed by atoms with E-state index in [1.165, 1.54) is 17.7 Å². The topological polar surface area (TPSA) is 41.3 Å². The molecule has 23 heavy (non-hydrogen) atoms. The number of hydrogen-bond donors (Lipinski definition) is 2. The number of nitrogens with two attached hydrogens (primary N) is 1. The van der Waals surface area contributed by atoms with E-state index in [4.69, 9.17) is 17.3 Å². The third kappa shape index (κ3) is 3.37. The lowest BCUT2D eigenvalue weighted by Gasteiger charge is -2.34. The molecule has 1 heterocycles. The highest BCUT2D eigenvalue weighted by atomic mass is 35.5. The van der Waals surface area contributed by atoms with Gasteiger partial charge in [-0.05, 0) is 48.6 Å². The highest BCUT2D eigenvalue weighted by Gasteiger charge is 2.22. The van der Waals surface area contributed by atoms with Gasteiger partial charge < -0.3 is 16.0 Å². The largest absolute Gasteiger partial charge is 0.397 e. The molecule has 0 aliphatic carbocycles. The van der Waals surface area contributed by atoms with Gasteiger partial charge in [-0.15, -0.1) is 0 Å². The van der Waals surface area contributed by atoms with Crippen LogP contribution in [0.15, 0.2) is 36.4 Å². The van der Waals surface area contributed by atoms with Crippen LogP contribution in [0.4, 0.5) is 21.5 Å². The van der Waals surface area contributed by atoms with Gasteiger partial charge in [0.15, 0.2) is 0 Å². The number of piperidine rings is 1. The van der Waals surface area contributed by atoms with Crippen LogP contribution in [0.25, 0.3) is 0 Å². The van der Waals surface area contributed by atoms with Crippen LogP contribution in [0.3, 0.4) is 0 Å². The van der Waals surface area contributed by atoms with E-state index in [0.717, 1.165) is 37.3 Å². The van der Waals surface area contributed by atoms with E-state index in [0.29, 0.717) is 16.6 Å². The van der Waals surface area contributed by atoms with Crippen LogP contribution in [-0.4, -0.2) is 20.1 Å². The minimum absolute atomic E-state index is 0.181. The van der Waals surface area contributed by atoms with Gasteiger partial charge in [0.05, 0.1) is 22.1 Å². The first-order valence-electron chi connectivity index (χ1n) is 7.85. The summed E-state index contributed by atoms with van der Waals surface area (Å²) in [5, 5.41) is 3.78. The Labute approximate surface area is 141 Å². The van der Waals surface area contributed by atoms with E-state index in [1.54, 1.807) is 6.07 Å². The second kappa shape index (κ2) is 6.67. The van der Waals surface area contributed by atoms with Crippen molar-refractivity contribution in [1.29, 1.82) is 0 Å². The van der Waals surface area contributed by atoms with Crippen molar-refractivity contribution in [2.45, 2.75) is 18.8 Å². The van der Waals surface area contributed by atoms with E-state index in [1.807, 2.05) is 25.2 Å². The van der Waals surface area contributed by atoms with Crippen LogP contribution < -0.4 is 16.0 Å². The van der Waals surface area contributed by atoms with Gasteiger partial charge in [0.25, 0.3) is 0 Å². The summed E-state index contributed by atoms with van der Waals surface area (Å²) in [5.74, 6) is 0.294. The smallest absolute Gasteiger partial charge is 0.123 e. The van der Waals surface area contributed by atoms with Crippen molar-refractivity contribution in [3.63, 3.8) is 0 Å². The molecule has 122 valence electrons. The Kier molecular flexibility index (Phi) is 4.62. The summed E-state index contributed by atoms with van der Waals surface area (Å²) in [6.07, 6.45) is 2.06. The number of nitrogens with zero attached hydrogens (tertiary/aromatic N) is 1. The molecule has 5 heteroatoms. The molecule has 3 nitrogen and oxygen atoms in total. The normalized spacial score (nSPS) is 15.7. The van der Waals surface area contributed by atoms with E-state index in [9.17, 15) is 4.39 Å². The molecule has 1 aliphatic rings. The van der Waals surface area contributed by atoms with E-state index < -0.39 is 0 Å². The SMILES string of the molecule is CNc1cc(N2CCC(c3ccc(F)cc3)CC2)c(Cl)cc1N. The molecule has 0 amide bonds. The Morgan fingerprint density at radius 3 is 2.43 bits per heavy atom. The zero-order valence-electron chi connectivity index (χ0n) is 13.2. The standard InChI is InChI=1S/C18H21ClFN3/c1-22-17-11-18(15(19)10-16(17)21)23-8-6-13(7-9-23)12-2-4-14(20)5-3-12/h2-5,10-11,13,22H,6-9,21H2,1H3. The van der Waals surface area contributed by atoms with E-state index in [2.05, 4.69) is 10.2 Å². The lowest BCUT2D eigenvalue weighted by atomic mass is 9.89. The summed E-state index contributed by atoms with van der Waals surface area (Å²) in [4.78, 5) is 2.29. The fraction of sp³-hybridized carbons (Fsp3) is 0.333. The Morgan fingerprint density at radius 1 is 1.17 bits per heavy atom. The maximum atomic E-state index is 13.0. The molecule has 1 aliphatic heterocycles. The zero-order valence-corrected chi connectivity index (χ0v) is 13.9. The van der Waals surface area contributed by atoms with Crippen LogP contribution in [0.2, 0.25) is 5.02 Å². The lowest BCUT2D eigenvalue weighted by Crippen LogP contribution is -2.33. The van der Waals surface area contributed by atoms with Gasteiger partial charge in [-0.25, -0.2) is 4.39 Å². The molecule has 0 unspecified atom stereocenters. The molecule has 2 aromatic carbocycles. The first kappa shape index (κ1) is 15.9. The highest BCUT2D eigenvalue weighted by molar-refractivity contribution is 6.33. The third-order valence-corrected chi connectivity index (χ3v) is 4.87. The van der Waals surface area contributed by atoms with Crippen molar-refractivity contribution in [1.82, 2.24) is 0 Å². The molecule has 3 rings (SSSR count). The van der Waals surface area contributed by atoms with E-state index in [-0.39, 0.29) is 5.82 Å². The summed E-state index contributed by atoms with van der Waals surface area (Å²) < 4.78 is 13.0. The fourth-order valence-corrected chi connectivity index (χ4v) is 3.52. The number of nitrogen functional groups attached to an aromatic ring is 1. The van der Waals surface area contributed by atoms with Gasteiger partial charge >= 0.3 is 0 Å². The lowest BCUT2D eigenvalue weighted by molar-refractivity contribution is 0.504. The molecule has 0 aromatic heterocycles. The Hall–Kier alpha value is -1.94. The number of benzene rings is 2. The van der Waals surface area contributed by atoms with Crippen LogP contribution >= 0.6 is 11.6 Å². The van der Waals surface area contributed by atoms with Crippen molar-refractivity contribution in [3.05, 3.63) is 52.8 Å². The van der Waals surface area contributed by atoms with Crippen LogP contribution in [0.1, 0.15) is 24.3 Å². The maximum Gasteiger partial charge on any atom is 0.123 e. The molecule has 3 N–H and O–H groups in total. The number of nitrogens with one attached hydrogen (secondary N) is 1. The summed E-state index contributed by atoms with van der Waals surface area (Å²) in [6, 6.07) is 10.7. The fourth-order valence-electron chi connectivity index (χ4n) is 3.22. The minimum Gasteiger partial charge on any atom is -0.397 e. The average molecular weight is 334 g/mol. The molecule has 0 saturated carbocycles. The Balaban J connectivity index is 1.73. The molecular weight excluding hydrogens is 313 g/mol. The molecule has 0 atom stereocenters. The molecular formula is C18H21ClFN3. The van der Waals surface area contributed by atoms with Gasteiger partial charge in [0.1, 0.15) is 5.82 Å². The first-order valence-corrected chi connectivity index (χ1v) is 8.23. The predicted molar refractivity (Wildman–Crippen MR) is 96.0 cm³/mol. The summed E-state index contributed by atoms with van der Waals surface area (Å²) in [5.41, 5.74) is 9.72. The summed E-state index contributed by atoms with van der Waals surface area (Å²) in [6.45, 7) is 1.85. The molecule has 0 bridgehead atoms. The van der Waals surface area contributed by atoms with Crippen LogP contribution in [-0.2, 0) is 0 Å². The Morgan fingerprint density at radius 2 is 1.83 bits per heavy atom. The maximum absolute atomic E-state index is 13.0. The van der Waals surface area contributed by atoms with Crippen molar-refractivity contribution in [3.8, 4) is 0 Å². The second-order valence-electron chi connectivity index (χ2n) is 5.95. The average Bonchev–Trinajstić information content (AvgIpc) is 2.56. The summed E-state index contributed by atoms with van der Waals surface area (Å²) >= 11 is 6.37. The van der Waals surface area contributed by atoms with Gasteiger partial charge in [-0.3, -0.25) is 0 Å². The van der Waals surface area contributed by atoms with Crippen molar-refractivity contribution in [2.24, 2.45) is 0 Å². The van der Waals surface area contributed by atoms with Crippen molar-refractivity contribution in [2.75, 3.05) is 36.1 Å². The second-order valence-corrected chi connectivity index (χ2v) is 6.36. The number of rotatable bonds is 3. The number of anilines is 3. The number of hydrogen-bond acceptors (Lipinski definition) is 3. The van der Waals surface area contributed by atoms with Gasteiger partial charge in [0.2, 0.25) is 0 Å². The molecule has 2 aromatic rings. The highest BCUT2D eigenvalue weighted by Crippen LogP contribution is 2.37. The Bertz CT molecular complexity index is 679. The monoisotopic (exact) mass is 333 g/mol. The molecule has 0 radical (unpaired) electrons. The third-order valence-electron chi connectivity index (χ3n) is 4.57. The van der Waals surface area contributed by atoms with Crippen molar-refractivity contribution >= 4 is 28.7 Å². The minimum atomic E-state index is -0.181. The quantitative estimate of drug-likeness (QED) is 0.813. The molecule has 0 spiro atoms. The van der Waals surface area contributed by atoms with Crippen LogP contribution in [0, 0.1) is 5.82 Å². The zero-order chi connectivity index (χ0) is 16.4. The van der Waals surface area contributed by atoms with Gasteiger partial charge in [0, 0.05) is 20.1 Å². The van der Waals surface area contributed by atoms with Gasteiger partial charge in [-0.2, -0.15) is 0 Å². The van der Waals surface area contributed by atoms with Gasteiger partial charge in [-0.1, -0.05) is 23.7 Å². The first-order chi connectivity index (χ1) is 11.1. The predicted octanol–water partition coefficient (Wildman–Crippen LogP) is 4.49.